The molecule has 0 aliphatic carbocycles. The summed E-state index contributed by atoms with van der Waals surface area (Å²) in [4.78, 5) is 0. The molecule has 4 N–H and O–H groups in total. The van der Waals surface area contributed by atoms with Crippen molar-refractivity contribution >= 4 is 0 Å². The largest absolute Gasteiger partial charge is 0.504 e. The first-order valence-corrected chi connectivity index (χ1v) is 6.93. The van der Waals surface area contributed by atoms with Crippen LogP contribution in [0.5, 0.6) is 23.0 Å². The minimum absolute atomic E-state index is 0.0664. The molecule has 0 bridgehead atoms. The molecule has 0 atom stereocenters. The Morgan fingerprint density at radius 2 is 1.71 bits per heavy atom. The predicted octanol–water partition coefficient (Wildman–Crippen LogP) is 1.13. The first-order chi connectivity index (χ1) is 10.2. The van der Waals surface area contributed by atoms with Crippen LogP contribution in [0.2, 0.25) is 0 Å². The Morgan fingerprint density at radius 1 is 0.905 bits per heavy atom. The van der Waals surface area contributed by atoms with Crippen LogP contribution in [0.3, 0.4) is 0 Å². The number of aromatic hydroxyl groups is 2. The zero-order chi connectivity index (χ0) is 14.7. The number of phenols is 2. The minimum atomic E-state index is -0.0805. The third-order valence-electron chi connectivity index (χ3n) is 3.49. The van der Waals surface area contributed by atoms with E-state index < -0.39 is 0 Å². The molecule has 0 aromatic heterocycles. The smallest absolute Gasteiger partial charge is 0.231 e. The maximum absolute atomic E-state index is 9.44. The standard InChI is InChI=1S/C16H17NO4/c18-13-3-1-11(7-14(13)19)5-6-17-9-12-2-4-15-16(8-12)21-10-20-15/h1-4,7-8,17-19H,5-6,9-10H2/p+1. The molecule has 1 aliphatic heterocycles. The van der Waals surface area contributed by atoms with Crippen LogP contribution in [0.25, 0.3) is 0 Å². The summed E-state index contributed by atoms with van der Waals surface area (Å²) in [5.74, 6) is 1.47. The van der Waals surface area contributed by atoms with Gasteiger partial charge in [-0.2, -0.15) is 0 Å². The molecule has 1 heterocycles. The van der Waals surface area contributed by atoms with Crippen molar-refractivity contribution in [3.63, 3.8) is 0 Å². The molecule has 110 valence electrons. The van der Waals surface area contributed by atoms with Crippen molar-refractivity contribution in [2.45, 2.75) is 13.0 Å². The van der Waals surface area contributed by atoms with Gasteiger partial charge in [0.25, 0.3) is 0 Å². The molecule has 2 aromatic carbocycles. The van der Waals surface area contributed by atoms with E-state index in [9.17, 15) is 10.2 Å². The van der Waals surface area contributed by atoms with Gasteiger partial charge in [0.15, 0.2) is 23.0 Å². The summed E-state index contributed by atoms with van der Waals surface area (Å²) in [6.45, 7) is 2.06. The molecule has 0 fully saturated rings. The highest BCUT2D eigenvalue weighted by atomic mass is 16.7. The van der Waals surface area contributed by atoms with Crippen molar-refractivity contribution in [2.24, 2.45) is 0 Å². The maximum Gasteiger partial charge on any atom is 0.231 e. The highest BCUT2D eigenvalue weighted by Gasteiger charge is 2.13. The number of hydrogen-bond donors (Lipinski definition) is 3. The van der Waals surface area contributed by atoms with Gasteiger partial charge in [-0.1, -0.05) is 6.07 Å². The number of phenolic OH excluding ortho intramolecular Hbond substituents is 2. The van der Waals surface area contributed by atoms with E-state index >= 15 is 0 Å². The molecule has 21 heavy (non-hydrogen) atoms. The van der Waals surface area contributed by atoms with Crippen LogP contribution in [0.15, 0.2) is 36.4 Å². The molecule has 0 saturated heterocycles. The lowest BCUT2D eigenvalue weighted by atomic mass is 10.1. The monoisotopic (exact) mass is 288 g/mol. The van der Waals surface area contributed by atoms with Crippen molar-refractivity contribution in [1.82, 2.24) is 0 Å². The van der Waals surface area contributed by atoms with Crippen LogP contribution in [-0.2, 0) is 13.0 Å². The Balaban J connectivity index is 1.49. The van der Waals surface area contributed by atoms with Crippen LogP contribution >= 0.6 is 0 Å². The summed E-state index contributed by atoms with van der Waals surface area (Å²) in [5, 5.41) is 20.9. The van der Waals surface area contributed by atoms with Gasteiger partial charge in [-0.05, 0) is 35.9 Å². The van der Waals surface area contributed by atoms with Crippen molar-refractivity contribution < 1.29 is 25.0 Å². The van der Waals surface area contributed by atoms with Crippen molar-refractivity contribution in [3.05, 3.63) is 47.5 Å². The van der Waals surface area contributed by atoms with E-state index in [0.717, 1.165) is 36.6 Å². The van der Waals surface area contributed by atoms with Gasteiger partial charge in [0, 0.05) is 12.0 Å². The topological polar surface area (TPSA) is 75.5 Å². The van der Waals surface area contributed by atoms with Gasteiger partial charge in [0.05, 0.1) is 6.54 Å². The molecule has 3 rings (SSSR count). The number of rotatable bonds is 5. The number of nitrogens with two attached hydrogens (primary N) is 1. The fraction of sp³-hybridized carbons (Fsp3) is 0.250. The highest BCUT2D eigenvalue weighted by molar-refractivity contribution is 5.44. The normalized spacial score (nSPS) is 12.6. The van der Waals surface area contributed by atoms with Crippen LogP contribution < -0.4 is 14.8 Å². The Kier molecular flexibility index (Phi) is 3.83. The summed E-state index contributed by atoms with van der Waals surface area (Å²) in [5.41, 5.74) is 2.19. The Morgan fingerprint density at radius 3 is 2.57 bits per heavy atom. The van der Waals surface area contributed by atoms with Gasteiger partial charge in [0.2, 0.25) is 6.79 Å². The summed E-state index contributed by atoms with van der Waals surface area (Å²) >= 11 is 0. The van der Waals surface area contributed by atoms with E-state index in [1.54, 1.807) is 6.07 Å². The quantitative estimate of drug-likeness (QED) is 0.569. The molecular weight excluding hydrogens is 270 g/mol. The van der Waals surface area contributed by atoms with Gasteiger partial charge in [-0.25, -0.2) is 0 Å². The fourth-order valence-electron chi connectivity index (χ4n) is 2.33. The minimum Gasteiger partial charge on any atom is -0.504 e. The van der Waals surface area contributed by atoms with E-state index in [1.807, 2.05) is 24.3 Å². The fourth-order valence-corrected chi connectivity index (χ4v) is 2.33. The second kappa shape index (κ2) is 5.93. The molecule has 0 amide bonds. The number of ether oxygens (including phenoxy) is 2. The van der Waals surface area contributed by atoms with E-state index in [4.69, 9.17) is 9.47 Å². The molecule has 0 unspecified atom stereocenters. The number of hydrogen-bond acceptors (Lipinski definition) is 4. The molecular formula is C16H18NO4+. The number of benzene rings is 2. The lowest BCUT2D eigenvalue weighted by molar-refractivity contribution is -0.670. The lowest BCUT2D eigenvalue weighted by Crippen LogP contribution is -2.83. The molecule has 1 aliphatic rings. The third kappa shape index (κ3) is 3.20. The molecule has 0 spiro atoms. The van der Waals surface area contributed by atoms with Crippen molar-refractivity contribution in [2.75, 3.05) is 13.3 Å². The predicted molar refractivity (Wildman–Crippen MR) is 76.5 cm³/mol. The summed E-state index contributed by atoms with van der Waals surface area (Å²) in [6.07, 6.45) is 0.832. The lowest BCUT2D eigenvalue weighted by Gasteiger charge is -2.05. The molecule has 5 heteroatoms. The third-order valence-corrected chi connectivity index (χ3v) is 3.49. The zero-order valence-electron chi connectivity index (χ0n) is 11.6. The van der Waals surface area contributed by atoms with Crippen molar-refractivity contribution in [1.29, 1.82) is 0 Å². The number of fused-ring (bicyclic) bond motifs is 1. The molecule has 2 aromatic rings. The molecule has 5 nitrogen and oxygen atoms in total. The van der Waals surface area contributed by atoms with Crippen LogP contribution in [0.4, 0.5) is 0 Å². The second-order valence-electron chi connectivity index (χ2n) is 5.04. The van der Waals surface area contributed by atoms with Crippen LogP contribution in [-0.4, -0.2) is 23.6 Å². The Hall–Kier alpha value is -2.40. The molecule has 0 saturated carbocycles. The first-order valence-electron chi connectivity index (χ1n) is 6.93. The average molecular weight is 288 g/mol. The van der Waals surface area contributed by atoms with Gasteiger partial charge in [-0.3, -0.25) is 0 Å². The average Bonchev–Trinajstić information content (AvgIpc) is 2.95. The van der Waals surface area contributed by atoms with E-state index in [0.29, 0.717) is 6.79 Å². The molecule has 0 radical (unpaired) electrons. The highest BCUT2D eigenvalue weighted by Crippen LogP contribution is 2.32. The number of quaternary nitrogens is 1. The van der Waals surface area contributed by atoms with Gasteiger partial charge >= 0.3 is 0 Å². The summed E-state index contributed by atoms with van der Waals surface area (Å²) in [7, 11) is 0. The summed E-state index contributed by atoms with van der Waals surface area (Å²) < 4.78 is 10.6. The van der Waals surface area contributed by atoms with Gasteiger partial charge < -0.3 is 25.0 Å². The summed E-state index contributed by atoms with van der Waals surface area (Å²) in [6, 6.07) is 10.9. The zero-order valence-corrected chi connectivity index (χ0v) is 11.6. The SMILES string of the molecule is Oc1ccc(CC[NH2+]Cc2ccc3c(c2)OCO3)cc1O. The van der Waals surface area contributed by atoms with E-state index in [2.05, 4.69) is 5.32 Å². The van der Waals surface area contributed by atoms with Crippen LogP contribution in [0, 0.1) is 0 Å². The Labute approximate surface area is 122 Å². The van der Waals surface area contributed by atoms with Gasteiger partial charge in [-0.15, -0.1) is 0 Å². The van der Waals surface area contributed by atoms with Crippen molar-refractivity contribution in [3.8, 4) is 23.0 Å². The first kappa shape index (κ1) is 13.6. The Bertz CT molecular complexity index is 642. The second-order valence-corrected chi connectivity index (χ2v) is 5.04. The van der Waals surface area contributed by atoms with E-state index in [1.165, 1.54) is 11.6 Å². The van der Waals surface area contributed by atoms with Crippen LogP contribution in [0.1, 0.15) is 11.1 Å². The van der Waals surface area contributed by atoms with E-state index in [-0.39, 0.29) is 11.5 Å². The van der Waals surface area contributed by atoms with Gasteiger partial charge in [0.1, 0.15) is 6.54 Å². The maximum atomic E-state index is 9.44.